The monoisotopic (exact) mass is 611 g/mol. The molecule has 2 saturated heterocycles. The zero-order chi connectivity index (χ0) is 31.1. The van der Waals surface area contributed by atoms with E-state index >= 15 is 0 Å². The van der Waals surface area contributed by atoms with Gasteiger partial charge in [-0.3, -0.25) is 14.4 Å². The third-order valence-electron chi connectivity index (χ3n) is 8.79. The summed E-state index contributed by atoms with van der Waals surface area (Å²) in [6.07, 6.45) is 5.04. The van der Waals surface area contributed by atoms with E-state index in [4.69, 9.17) is 0 Å². The maximum absolute atomic E-state index is 13.9. The molecule has 4 N–H and O–H groups in total. The predicted molar refractivity (Wildman–Crippen MR) is 170 cm³/mol. The number of carbonyl (C=O) groups is 3. The maximum Gasteiger partial charge on any atom is 0.246 e. The number of likely N-dealkylation sites (tertiary alicyclic amines) is 1. The van der Waals surface area contributed by atoms with Crippen LogP contribution in [0.1, 0.15) is 89.9 Å². The van der Waals surface area contributed by atoms with Gasteiger partial charge in [-0.15, -0.1) is 11.3 Å². The second kappa shape index (κ2) is 14.8. The quantitative estimate of drug-likeness (QED) is 0.280. The molecule has 10 heteroatoms. The molecule has 0 bridgehead atoms. The van der Waals surface area contributed by atoms with Crippen LogP contribution >= 0.6 is 11.3 Å². The lowest BCUT2D eigenvalue weighted by molar-refractivity contribution is -0.144. The number of hydrogen-bond donors (Lipinski definition) is 4. The van der Waals surface area contributed by atoms with Gasteiger partial charge in [-0.05, 0) is 68.7 Å². The van der Waals surface area contributed by atoms with Crippen LogP contribution < -0.4 is 16.0 Å². The van der Waals surface area contributed by atoms with Crippen LogP contribution in [0.3, 0.4) is 0 Å². The highest BCUT2D eigenvalue weighted by Gasteiger charge is 2.44. The van der Waals surface area contributed by atoms with Gasteiger partial charge in [-0.1, -0.05) is 57.9 Å². The van der Waals surface area contributed by atoms with Crippen molar-refractivity contribution >= 4 is 29.1 Å². The lowest BCUT2D eigenvalue weighted by Gasteiger charge is -2.35. The fourth-order valence-electron chi connectivity index (χ4n) is 6.14. The fourth-order valence-corrected chi connectivity index (χ4v) is 6.95. The maximum atomic E-state index is 13.9. The number of carbonyl (C=O) groups excluding carboxylic acids is 3. The van der Waals surface area contributed by atoms with Gasteiger partial charge in [-0.25, -0.2) is 4.98 Å². The number of aliphatic hydroxyl groups is 1. The normalized spacial score (nSPS) is 20.9. The standard InChI is InChI=1S/C33H49N5O4S/c1-21(24-10-12-25(13-11-24)29-22(2)35-20-43-29)36-31(41)27-18-26(39)19-38(27)32(42)30(33(3,4)5)37-28(40)9-7-6-8-23-14-16-34-17-15-23/h10-13,20-21,23,26-27,30,34,39H,6-9,14-19H2,1-5H3,(H,36,41)(H,37,40)/t21-,26+,27-,30+/m0/s1. The number of piperidine rings is 1. The van der Waals surface area contributed by atoms with E-state index in [1.165, 1.54) is 17.7 Å². The molecule has 4 rings (SSSR count). The molecule has 0 unspecified atom stereocenters. The van der Waals surface area contributed by atoms with Gasteiger partial charge >= 0.3 is 0 Å². The summed E-state index contributed by atoms with van der Waals surface area (Å²) in [4.78, 5) is 47.2. The minimum Gasteiger partial charge on any atom is -0.391 e. The number of aliphatic hydroxyl groups excluding tert-OH is 1. The van der Waals surface area contributed by atoms with E-state index < -0.39 is 23.6 Å². The second-order valence-electron chi connectivity index (χ2n) is 13.3. The third kappa shape index (κ3) is 8.86. The van der Waals surface area contributed by atoms with Crippen molar-refractivity contribution in [2.24, 2.45) is 11.3 Å². The number of aryl methyl sites for hydroxylation is 1. The van der Waals surface area contributed by atoms with E-state index in [9.17, 15) is 19.5 Å². The first-order valence-electron chi connectivity index (χ1n) is 15.7. The minimum atomic E-state index is -0.809. The summed E-state index contributed by atoms with van der Waals surface area (Å²) >= 11 is 1.59. The van der Waals surface area contributed by atoms with Gasteiger partial charge in [0, 0.05) is 19.4 Å². The number of nitrogens with one attached hydrogen (secondary N) is 3. The number of rotatable bonds is 11. The highest BCUT2D eigenvalue weighted by Crippen LogP contribution is 2.30. The van der Waals surface area contributed by atoms with Crippen molar-refractivity contribution in [2.75, 3.05) is 19.6 Å². The van der Waals surface area contributed by atoms with Crippen LogP contribution in [0.5, 0.6) is 0 Å². The Morgan fingerprint density at radius 2 is 1.81 bits per heavy atom. The van der Waals surface area contributed by atoms with Crippen LogP contribution in [0.4, 0.5) is 0 Å². The fraction of sp³-hybridized carbons (Fsp3) is 0.636. The van der Waals surface area contributed by atoms with Crippen LogP contribution in [-0.2, 0) is 14.4 Å². The first kappa shape index (κ1) is 33.1. The molecule has 43 heavy (non-hydrogen) atoms. The summed E-state index contributed by atoms with van der Waals surface area (Å²) < 4.78 is 0. The van der Waals surface area contributed by atoms with E-state index in [0.29, 0.717) is 6.42 Å². The average molecular weight is 612 g/mol. The van der Waals surface area contributed by atoms with Crippen LogP contribution in [-0.4, -0.2) is 70.5 Å². The van der Waals surface area contributed by atoms with E-state index in [0.717, 1.165) is 60.0 Å². The van der Waals surface area contributed by atoms with Crippen LogP contribution in [0.2, 0.25) is 0 Å². The number of β-amino-alcohol motifs (C(OH)–C–C–N with tert-alkyl or cyclic N) is 1. The minimum absolute atomic E-state index is 0.0624. The van der Waals surface area contributed by atoms with Crippen molar-refractivity contribution in [1.82, 2.24) is 25.8 Å². The predicted octanol–water partition coefficient (Wildman–Crippen LogP) is 4.35. The van der Waals surface area contributed by atoms with Gasteiger partial charge in [0.25, 0.3) is 0 Å². The summed E-state index contributed by atoms with van der Waals surface area (Å²) in [7, 11) is 0. The Kier molecular flexibility index (Phi) is 11.4. The Morgan fingerprint density at radius 3 is 2.44 bits per heavy atom. The summed E-state index contributed by atoms with van der Waals surface area (Å²) in [5.41, 5.74) is 4.27. The van der Waals surface area contributed by atoms with E-state index in [-0.39, 0.29) is 36.7 Å². The molecular weight excluding hydrogens is 562 g/mol. The topological polar surface area (TPSA) is 124 Å². The molecular formula is C33H49N5O4S. The van der Waals surface area contributed by atoms with Gasteiger partial charge in [0.05, 0.1) is 28.2 Å². The largest absolute Gasteiger partial charge is 0.391 e. The summed E-state index contributed by atoms with van der Waals surface area (Å²) in [5.74, 6) is -0.0567. The molecule has 0 radical (unpaired) electrons. The highest BCUT2D eigenvalue weighted by atomic mass is 32.1. The molecule has 1 aromatic carbocycles. The first-order valence-corrected chi connectivity index (χ1v) is 16.6. The Balaban J connectivity index is 1.34. The van der Waals surface area contributed by atoms with Crippen molar-refractivity contribution in [3.8, 4) is 10.4 Å². The number of unbranched alkanes of at least 4 members (excludes halogenated alkanes) is 1. The number of thiazole rings is 1. The molecule has 3 heterocycles. The molecule has 1 aromatic heterocycles. The van der Waals surface area contributed by atoms with E-state index in [2.05, 4.69) is 20.9 Å². The molecule has 9 nitrogen and oxygen atoms in total. The molecule has 2 aliphatic rings. The van der Waals surface area contributed by atoms with Crippen molar-refractivity contribution < 1.29 is 19.5 Å². The van der Waals surface area contributed by atoms with Gasteiger partial charge in [0.2, 0.25) is 17.7 Å². The highest BCUT2D eigenvalue weighted by molar-refractivity contribution is 7.13. The second-order valence-corrected chi connectivity index (χ2v) is 14.2. The number of nitrogens with zero attached hydrogens (tertiary/aromatic N) is 2. The van der Waals surface area contributed by atoms with Gasteiger partial charge in [0.1, 0.15) is 12.1 Å². The van der Waals surface area contributed by atoms with Crippen LogP contribution in [0, 0.1) is 18.3 Å². The lowest BCUT2D eigenvalue weighted by Crippen LogP contribution is -2.57. The van der Waals surface area contributed by atoms with E-state index in [1.54, 1.807) is 11.3 Å². The zero-order valence-electron chi connectivity index (χ0n) is 26.3. The molecule has 3 amide bonds. The van der Waals surface area contributed by atoms with Crippen molar-refractivity contribution in [1.29, 1.82) is 0 Å². The van der Waals surface area contributed by atoms with Crippen LogP contribution in [0.15, 0.2) is 29.8 Å². The first-order chi connectivity index (χ1) is 20.4. The molecule has 0 spiro atoms. The molecule has 0 aliphatic carbocycles. The van der Waals surface area contributed by atoms with Crippen molar-refractivity contribution in [3.63, 3.8) is 0 Å². The molecule has 4 atom stereocenters. The summed E-state index contributed by atoms with van der Waals surface area (Å²) in [6.45, 7) is 11.8. The Labute approximate surface area is 260 Å². The summed E-state index contributed by atoms with van der Waals surface area (Å²) in [5, 5.41) is 19.9. The number of aromatic nitrogens is 1. The number of amides is 3. The van der Waals surface area contributed by atoms with Crippen molar-refractivity contribution in [3.05, 3.63) is 41.0 Å². The Hall–Kier alpha value is -2.82. The zero-order valence-corrected chi connectivity index (χ0v) is 27.1. The van der Waals surface area contributed by atoms with Gasteiger partial charge in [0.15, 0.2) is 0 Å². The number of hydrogen-bond acceptors (Lipinski definition) is 7. The summed E-state index contributed by atoms with van der Waals surface area (Å²) in [6, 6.07) is 6.13. The molecule has 0 saturated carbocycles. The SMILES string of the molecule is Cc1ncsc1-c1ccc([C@H](C)NC(=O)[C@@H]2C[C@@H](O)CN2C(=O)[C@@H](NC(=O)CCCCC2CCNCC2)C(C)(C)C)cc1. The van der Waals surface area contributed by atoms with Gasteiger partial charge in [-0.2, -0.15) is 0 Å². The Bertz CT molecular complexity index is 1230. The molecule has 236 valence electrons. The lowest BCUT2D eigenvalue weighted by atomic mass is 9.85. The average Bonchev–Trinajstić information content (AvgIpc) is 3.59. The molecule has 2 fully saturated rings. The van der Waals surface area contributed by atoms with E-state index in [1.807, 2.05) is 64.4 Å². The number of benzene rings is 1. The van der Waals surface area contributed by atoms with Gasteiger partial charge < -0.3 is 26.0 Å². The molecule has 2 aliphatic heterocycles. The van der Waals surface area contributed by atoms with Crippen molar-refractivity contribution in [2.45, 2.75) is 104 Å². The molecule has 2 aromatic rings. The van der Waals surface area contributed by atoms with Crippen LogP contribution in [0.25, 0.3) is 10.4 Å². The smallest absolute Gasteiger partial charge is 0.246 e. The Morgan fingerprint density at radius 1 is 1.12 bits per heavy atom. The third-order valence-corrected chi connectivity index (χ3v) is 9.76.